The molecule has 1 heterocycles. The Kier molecular flexibility index (Phi) is 3.83. The zero-order valence-corrected chi connectivity index (χ0v) is 10.7. The number of hydrogen-bond acceptors (Lipinski definition) is 4. The molecule has 2 aromatic rings. The lowest BCUT2D eigenvalue weighted by atomic mass is 10.2. The first kappa shape index (κ1) is 13.1. The van der Waals surface area contributed by atoms with Crippen molar-refractivity contribution >= 4 is 23.1 Å². The number of halogens is 2. The van der Waals surface area contributed by atoms with Crippen molar-refractivity contribution < 1.29 is 9.13 Å². The lowest BCUT2D eigenvalue weighted by Crippen LogP contribution is -1.96. The highest BCUT2D eigenvalue weighted by Gasteiger charge is 2.04. The average molecular weight is 278 g/mol. The Balaban J connectivity index is 2.33. The zero-order chi connectivity index (χ0) is 13.8. The van der Waals surface area contributed by atoms with Gasteiger partial charge in [0.15, 0.2) is 0 Å². The van der Waals surface area contributed by atoms with Gasteiger partial charge in [-0.05, 0) is 18.2 Å². The molecule has 1 aromatic heterocycles. The van der Waals surface area contributed by atoms with Gasteiger partial charge in [0.2, 0.25) is 0 Å². The summed E-state index contributed by atoms with van der Waals surface area (Å²) in [4.78, 5) is 4.00. The van der Waals surface area contributed by atoms with E-state index in [0.29, 0.717) is 22.8 Å². The highest BCUT2D eigenvalue weighted by atomic mass is 35.5. The summed E-state index contributed by atoms with van der Waals surface area (Å²) in [5.74, 6) is 0.297. The number of pyridine rings is 1. The Hall–Kier alpha value is -2.32. The Morgan fingerprint density at radius 3 is 2.79 bits per heavy atom. The van der Waals surface area contributed by atoms with Crippen LogP contribution in [0.15, 0.2) is 30.3 Å². The second-order valence-electron chi connectivity index (χ2n) is 3.68. The quantitative estimate of drug-likeness (QED) is 0.873. The van der Waals surface area contributed by atoms with Gasteiger partial charge in [0.25, 0.3) is 0 Å². The Morgan fingerprint density at radius 1 is 1.32 bits per heavy atom. The molecule has 19 heavy (non-hydrogen) atoms. The van der Waals surface area contributed by atoms with E-state index in [9.17, 15) is 4.39 Å². The minimum absolute atomic E-state index is 0.185. The number of benzene rings is 1. The molecule has 0 saturated heterocycles. The highest BCUT2D eigenvalue weighted by molar-refractivity contribution is 6.29. The maximum Gasteiger partial charge on any atom is 0.133 e. The monoisotopic (exact) mass is 277 g/mol. The maximum atomic E-state index is 13.3. The molecule has 0 unspecified atom stereocenters. The van der Waals surface area contributed by atoms with E-state index in [0.717, 1.165) is 0 Å². The molecule has 0 aliphatic carbocycles. The summed E-state index contributed by atoms with van der Waals surface area (Å²) in [6, 6.07) is 9.08. The normalized spacial score (nSPS) is 9.79. The first-order valence-corrected chi connectivity index (χ1v) is 5.68. The van der Waals surface area contributed by atoms with Crippen LogP contribution in [0.3, 0.4) is 0 Å². The summed E-state index contributed by atoms with van der Waals surface area (Å²) in [5, 5.41) is 11.9. The van der Waals surface area contributed by atoms with E-state index in [2.05, 4.69) is 10.3 Å². The van der Waals surface area contributed by atoms with E-state index in [1.807, 2.05) is 6.07 Å². The molecule has 0 atom stereocenters. The number of hydrogen-bond donors (Lipinski definition) is 1. The average Bonchev–Trinajstić information content (AvgIpc) is 2.37. The van der Waals surface area contributed by atoms with Crippen LogP contribution in [0.1, 0.15) is 5.56 Å². The number of methoxy groups -OCH3 is 1. The predicted molar refractivity (Wildman–Crippen MR) is 70.2 cm³/mol. The van der Waals surface area contributed by atoms with Crippen LogP contribution in [0.5, 0.6) is 5.75 Å². The minimum atomic E-state index is -0.440. The summed E-state index contributed by atoms with van der Waals surface area (Å²) in [7, 11) is 1.45. The molecule has 0 bridgehead atoms. The van der Waals surface area contributed by atoms with Crippen LogP contribution in [-0.2, 0) is 0 Å². The number of nitriles is 1. The largest absolute Gasteiger partial charge is 0.497 e. The number of nitrogens with zero attached hydrogens (tertiary/aromatic N) is 2. The topological polar surface area (TPSA) is 57.9 Å². The number of anilines is 2. The van der Waals surface area contributed by atoms with Crippen molar-refractivity contribution in [2.45, 2.75) is 0 Å². The van der Waals surface area contributed by atoms with E-state index in [-0.39, 0.29) is 5.15 Å². The Morgan fingerprint density at radius 2 is 2.11 bits per heavy atom. The number of nitrogens with one attached hydrogen (secondary N) is 1. The Bertz CT molecular complexity index is 655. The van der Waals surface area contributed by atoms with Crippen molar-refractivity contribution in [2.24, 2.45) is 0 Å². The summed E-state index contributed by atoms with van der Waals surface area (Å²) < 4.78 is 18.3. The van der Waals surface area contributed by atoms with Crippen molar-refractivity contribution in [2.75, 3.05) is 12.4 Å². The molecule has 0 radical (unpaired) electrons. The molecule has 0 aliphatic rings. The molecule has 0 aliphatic heterocycles. The van der Waals surface area contributed by atoms with Gasteiger partial charge in [-0.3, -0.25) is 0 Å². The number of ether oxygens (including phenoxy) is 1. The van der Waals surface area contributed by atoms with E-state index in [4.69, 9.17) is 21.6 Å². The molecule has 96 valence electrons. The van der Waals surface area contributed by atoms with Crippen LogP contribution < -0.4 is 10.1 Å². The number of rotatable bonds is 3. The van der Waals surface area contributed by atoms with E-state index >= 15 is 0 Å². The van der Waals surface area contributed by atoms with Crippen molar-refractivity contribution in [1.29, 1.82) is 5.26 Å². The maximum absolute atomic E-state index is 13.3. The van der Waals surface area contributed by atoms with Gasteiger partial charge in [-0.15, -0.1) is 0 Å². The third kappa shape index (κ3) is 3.33. The summed E-state index contributed by atoms with van der Waals surface area (Å²) in [6.45, 7) is 0. The molecule has 0 spiro atoms. The molecule has 6 heteroatoms. The van der Waals surface area contributed by atoms with Gasteiger partial charge in [-0.1, -0.05) is 11.6 Å². The van der Waals surface area contributed by atoms with Crippen LogP contribution in [-0.4, -0.2) is 12.1 Å². The van der Waals surface area contributed by atoms with Crippen LogP contribution in [0.2, 0.25) is 5.15 Å². The zero-order valence-electron chi connectivity index (χ0n) is 9.95. The fourth-order valence-electron chi connectivity index (χ4n) is 1.53. The fourth-order valence-corrected chi connectivity index (χ4v) is 1.73. The Labute approximate surface area is 114 Å². The molecule has 4 nitrogen and oxygen atoms in total. The summed E-state index contributed by atoms with van der Waals surface area (Å²) in [5.41, 5.74) is 0.821. The van der Waals surface area contributed by atoms with Crippen molar-refractivity contribution in [1.82, 2.24) is 4.98 Å². The van der Waals surface area contributed by atoms with E-state index < -0.39 is 5.82 Å². The van der Waals surface area contributed by atoms with Crippen LogP contribution in [0.25, 0.3) is 0 Å². The predicted octanol–water partition coefficient (Wildman–Crippen LogP) is 3.50. The van der Waals surface area contributed by atoms with E-state index in [1.165, 1.54) is 31.4 Å². The van der Waals surface area contributed by atoms with Gasteiger partial charge in [0.05, 0.1) is 18.7 Å². The molecular weight excluding hydrogens is 269 g/mol. The van der Waals surface area contributed by atoms with Gasteiger partial charge in [-0.2, -0.15) is 5.26 Å². The second kappa shape index (κ2) is 5.55. The van der Waals surface area contributed by atoms with Gasteiger partial charge in [0.1, 0.15) is 22.5 Å². The van der Waals surface area contributed by atoms with Crippen molar-refractivity contribution in [3.05, 3.63) is 46.9 Å². The van der Waals surface area contributed by atoms with Gasteiger partial charge in [0, 0.05) is 17.8 Å². The fraction of sp³-hybridized carbons (Fsp3) is 0.0769. The highest BCUT2D eigenvalue weighted by Crippen LogP contribution is 2.23. The summed E-state index contributed by atoms with van der Waals surface area (Å²) >= 11 is 5.78. The van der Waals surface area contributed by atoms with Gasteiger partial charge >= 0.3 is 0 Å². The smallest absolute Gasteiger partial charge is 0.133 e. The SMILES string of the molecule is COc1cc(F)cc(Nc2cc(C#N)cc(Cl)n2)c1. The van der Waals surface area contributed by atoms with Crippen molar-refractivity contribution in [3.8, 4) is 11.8 Å². The van der Waals surface area contributed by atoms with Crippen LogP contribution in [0.4, 0.5) is 15.9 Å². The lowest BCUT2D eigenvalue weighted by molar-refractivity contribution is 0.411. The first-order valence-electron chi connectivity index (χ1n) is 5.30. The third-order valence-electron chi connectivity index (χ3n) is 2.30. The molecule has 1 aromatic carbocycles. The minimum Gasteiger partial charge on any atom is -0.497 e. The molecule has 0 saturated carbocycles. The van der Waals surface area contributed by atoms with Crippen molar-refractivity contribution in [3.63, 3.8) is 0 Å². The van der Waals surface area contributed by atoms with E-state index in [1.54, 1.807) is 6.07 Å². The first-order chi connectivity index (χ1) is 9.10. The van der Waals surface area contributed by atoms with Crippen LogP contribution >= 0.6 is 11.6 Å². The summed E-state index contributed by atoms with van der Waals surface area (Å²) in [6.07, 6.45) is 0. The van der Waals surface area contributed by atoms with Crippen LogP contribution in [0, 0.1) is 17.1 Å². The molecule has 0 fully saturated rings. The van der Waals surface area contributed by atoms with Gasteiger partial charge < -0.3 is 10.1 Å². The molecule has 0 amide bonds. The molecule has 1 N–H and O–H groups in total. The molecular formula is C13H9ClFN3O. The van der Waals surface area contributed by atoms with Gasteiger partial charge in [-0.25, -0.2) is 9.37 Å². The molecule has 2 rings (SSSR count). The lowest BCUT2D eigenvalue weighted by Gasteiger charge is -2.08. The number of aromatic nitrogens is 1. The standard InChI is InChI=1S/C13H9ClFN3O/c1-19-11-5-9(15)4-10(6-11)17-13-3-8(7-16)2-12(14)18-13/h2-6H,1H3,(H,17,18). The third-order valence-corrected chi connectivity index (χ3v) is 2.50. The second-order valence-corrected chi connectivity index (χ2v) is 4.07.